The summed E-state index contributed by atoms with van der Waals surface area (Å²) in [5.41, 5.74) is 6.04. The van der Waals surface area contributed by atoms with E-state index >= 15 is 0 Å². The number of hydrogen-bond donors (Lipinski definition) is 0. The molecular formula is C29H28N2O4. The van der Waals surface area contributed by atoms with E-state index in [0.717, 1.165) is 39.6 Å². The SMILES string of the molecule is CCOC(=O)/C=C(\c1ccc(C)cc1)c1cc(-c2ccc(OC)cc2)n(-c2ccc(OC)cc2)n1. The highest BCUT2D eigenvalue weighted by Gasteiger charge is 2.18. The van der Waals surface area contributed by atoms with Crippen LogP contribution >= 0.6 is 0 Å². The first-order valence-electron chi connectivity index (χ1n) is 11.4. The molecule has 0 aliphatic carbocycles. The fraction of sp³-hybridized carbons (Fsp3) is 0.172. The predicted molar refractivity (Wildman–Crippen MR) is 137 cm³/mol. The molecule has 0 radical (unpaired) electrons. The number of hydrogen-bond acceptors (Lipinski definition) is 5. The number of aryl methyl sites for hydroxylation is 1. The molecule has 0 saturated heterocycles. The van der Waals surface area contributed by atoms with Crippen molar-refractivity contribution in [3.05, 3.63) is 102 Å². The minimum Gasteiger partial charge on any atom is -0.497 e. The Bertz CT molecular complexity index is 1250. The predicted octanol–water partition coefficient (Wildman–Crippen LogP) is 5.86. The summed E-state index contributed by atoms with van der Waals surface area (Å²) in [6.45, 7) is 4.12. The van der Waals surface area contributed by atoms with Gasteiger partial charge in [0.05, 0.1) is 37.9 Å². The largest absolute Gasteiger partial charge is 0.497 e. The molecule has 0 unspecified atom stereocenters. The van der Waals surface area contributed by atoms with Gasteiger partial charge in [0.2, 0.25) is 0 Å². The molecule has 178 valence electrons. The van der Waals surface area contributed by atoms with Gasteiger partial charge in [-0.25, -0.2) is 9.48 Å². The first-order chi connectivity index (χ1) is 17.0. The van der Waals surface area contributed by atoms with Gasteiger partial charge in [-0.3, -0.25) is 0 Å². The lowest BCUT2D eigenvalue weighted by Gasteiger charge is -2.09. The molecule has 0 fully saturated rings. The molecule has 0 saturated carbocycles. The molecule has 6 heteroatoms. The molecular weight excluding hydrogens is 440 g/mol. The van der Waals surface area contributed by atoms with Gasteiger partial charge < -0.3 is 14.2 Å². The van der Waals surface area contributed by atoms with Gasteiger partial charge in [0.1, 0.15) is 11.5 Å². The zero-order valence-electron chi connectivity index (χ0n) is 20.3. The van der Waals surface area contributed by atoms with Gasteiger partial charge in [-0.05, 0) is 74.0 Å². The molecule has 1 heterocycles. The zero-order valence-corrected chi connectivity index (χ0v) is 20.3. The Morgan fingerprint density at radius 3 is 2.06 bits per heavy atom. The molecule has 4 rings (SSSR count). The molecule has 6 nitrogen and oxygen atoms in total. The smallest absolute Gasteiger partial charge is 0.331 e. The van der Waals surface area contributed by atoms with Crippen molar-refractivity contribution in [1.82, 2.24) is 9.78 Å². The van der Waals surface area contributed by atoms with Crippen LogP contribution < -0.4 is 9.47 Å². The number of methoxy groups -OCH3 is 2. The number of carbonyl (C=O) groups excluding carboxylic acids is 1. The van der Waals surface area contributed by atoms with Crippen LogP contribution in [-0.2, 0) is 9.53 Å². The highest BCUT2D eigenvalue weighted by Crippen LogP contribution is 2.31. The average molecular weight is 469 g/mol. The van der Waals surface area contributed by atoms with Crippen LogP contribution in [0.15, 0.2) is 84.9 Å². The third-order valence-corrected chi connectivity index (χ3v) is 5.60. The van der Waals surface area contributed by atoms with Crippen molar-refractivity contribution in [2.45, 2.75) is 13.8 Å². The molecule has 0 spiro atoms. The number of ether oxygens (including phenoxy) is 3. The number of esters is 1. The number of nitrogens with zero attached hydrogens (tertiary/aromatic N) is 2. The molecule has 0 bridgehead atoms. The van der Waals surface area contributed by atoms with Gasteiger partial charge in [0.15, 0.2) is 0 Å². The zero-order chi connectivity index (χ0) is 24.8. The van der Waals surface area contributed by atoms with Gasteiger partial charge in [-0.1, -0.05) is 29.8 Å². The maximum Gasteiger partial charge on any atom is 0.331 e. The summed E-state index contributed by atoms with van der Waals surface area (Å²) in [6.07, 6.45) is 1.51. The van der Waals surface area contributed by atoms with E-state index in [1.54, 1.807) is 21.1 Å². The van der Waals surface area contributed by atoms with Crippen molar-refractivity contribution in [3.8, 4) is 28.4 Å². The minimum absolute atomic E-state index is 0.300. The van der Waals surface area contributed by atoms with Gasteiger partial charge in [0, 0.05) is 17.2 Å². The van der Waals surface area contributed by atoms with Crippen LogP contribution in [0.3, 0.4) is 0 Å². The van der Waals surface area contributed by atoms with Crippen LogP contribution in [0.1, 0.15) is 23.7 Å². The van der Waals surface area contributed by atoms with E-state index in [-0.39, 0.29) is 0 Å². The monoisotopic (exact) mass is 468 g/mol. The summed E-state index contributed by atoms with van der Waals surface area (Å²) in [5.74, 6) is 1.12. The molecule has 0 N–H and O–H groups in total. The minimum atomic E-state index is -0.409. The summed E-state index contributed by atoms with van der Waals surface area (Å²) >= 11 is 0. The van der Waals surface area contributed by atoms with E-state index in [1.165, 1.54) is 6.08 Å². The van der Waals surface area contributed by atoms with Crippen LogP contribution in [0.25, 0.3) is 22.5 Å². The van der Waals surface area contributed by atoms with Crippen molar-refractivity contribution in [2.24, 2.45) is 0 Å². The van der Waals surface area contributed by atoms with Crippen LogP contribution in [0.2, 0.25) is 0 Å². The highest BCUT2D eigenvalue weighted by molar-refractivity contribution is 5.96. The normalized spacial score (nSPS) is 11.3. The fourth-order valence-corrected chi connectivity index (χ4v) is 3.74. The molecule has 0 atom stereocenters. The van der Waals surface area contributed by atoms with E-state index < -0.39 is 5.97 Å². The van der Waals surface area contributed by atoms with E-state index in [9.17, 15) is 4.79 Å². The maximum atomic E-state index is 12.5. The Balaban J connectivity index is 1.89. The molecule has 35 heavy (non-hydrogen) atoms. The number of aromatic nitrogens is 2. The Hall–Kier alpha value is -4.32. The van der Waals surface area contributed by atoms with Crippen LogP contribution in [-0.4, -0.2) is 36.6 Å². The topological polar surface area (TPSA) is 62.6 Å². The second kappa shape index (κ2) is 10.7. The molecule has 3 aromatic carbocycles. The van der Waals surface area contributed by atoms with Gasteiger partial charge in [-0.15, -0.1) is 0 Å². The van der Waals surface area contributed by atoms with Crippen LogP contribution in [0.4, 0.5) is 0 Å². The fourth-order valence-electron chi connectivity index (χ4n) is 3.74. The second-order valence-electron chi connectivity index (χ2n) is 7.93. The maximum absolute atomic E-state index is 12.5. The molecule has 4 aromatic rings. The third kappa shape index (κ3) is 5.44. The van der Waals surface area contributed by atoms with Crippen LogP contribution in [0, 0.1) is 6.92 Å². The van der Waals surface area contributed by atoms with E-state index in [1.807, 2.05) is 90.5 Å². The summed E-state index contributed by atoms with van der Waals surface area (Å²) in [6, 6.07) is 25.5. The standard InChI is InChI=1S/C29H28N2O4/c1-5-35-29(32)18-26(21-8-6-20(2)7-9-21)27-19-28(22-10-14-24(33-3)15-11-22)31(30-27)23-12-16-25(34-4)17-13-23/h6-19H,5H2,1-4H3/b26-18+. The second-order valence-corrected chi connectivity index (χ2v) is 7.93. The summed E-state index contributed by atoms with van der Waals surface area (Å²) in [7, 11) is 3.28. The Kier molecular flexibility index (Phi) is 7.31. The molecule has 0 amide bonds. The van der Waals surface area contributed by atoms with Crippen molar-refractivity contribution in [3.63, 3.8) is 0 Å². The number of benzene rings is 3. The number of carbonyl (C=O) groups is 1. The highest BCUT2D eigenvalue weighted by atomic mass is 16.5. The summed E-state index contributed by atoms with van der Waals surface area (Å²) in [5, 5.41) is 4.94. The molecule has 0 aliphatic rings. The third-order valence-electron chi connectivity index (χ3n) is 5.60. The molecule has 0 aliphatic heterocycles. The van der Waals surface area contributed by atoms with Crippen molar-refractivity contribution in [1.29, 1.82) is 0 Å². The van der Waals surface area contributed by atoms with E-state index in [2.05, 4.69) is 0 Å². The van der Waals surface area contributed by atoms with Crippen LogP contribution in [0.5, 0.6) is 11.5 Å². The number of rotatable bonds is 8. The van der Waals surface area contributed by atoms with Gasteiger partial charge in [0.25, 0.3) is 0 Å². The Labute approximate surface area is 205 Å². The quantitative estimate of drug-likeness (QED) is 0.239. The Morgan fingerprint density at radius 1 is 0.886 bits per heavy atom. The van der Waals surface area contributed by atoms with Gasteiger partial charge >= 0.3 is 5.97 Å². The average Bonchev–Trinajstić information content (AvgIpc) is 3.33. The van der Waals surface area contributed by atoms with Crippen molar-refractivity contribution >= 4 is 11.5 Å². The van der Waals surface area contributed by atoms with E-state index in [0.29, 0.717) is 17.9 Å². The van der Waals surface area contributed by atoms with E-state index in [4.69, 9.17) is 19.3 Å². The summed E-state index contributed by atoms with van der Waals surface area (Å²) < 4.78 is 17.7. The first-order valence-corrected chi connectivity index (χ1v) is 11.4. The molecule has 1 aromatic heterocycles. The van der Waals surface area contributed by atoms with Gasteiger partial charge in [-0.2, -0.15) is 5.10 Å². The lowest BCUT2D eigenvalue weighted by Crippen LogP contribution is -2.03. The van der Waals surface area contributed by atoms with Crippen molar-refractivity contribution in [2.75, 3.05) is 20.8 Å². The lowest BCUT2D eigenvalue weighted by atomic mass is 10.00. The summed E-state index contributed by atoms with van der Waals surface area (Å²) in [4.78, 5) is 12.5. The lowest BCUT2D eigenvalue weighted by molar-refractivity contribution is -0.137. The first kappa shape index (κ1) is 23.8. The Morgan fingerprint density at radius 2 is 1.49 bits per heavy atom. The van der Waals surface area contributed by atoms with Crippen molar-refractivity contribution < 1.29 is 19.0 Å².